The van der Waals surface area contributed by atoms with Gasteiger partial charge in [-0.25, -0.2) is 4.39 Å². The van der Waals surface area contributed by atoms with Crippen molar-refractivity contribution in [3.05, 3.63) is 35.1 Å². The fourth-order valence-electron chi connectivity index (χ4n) is 2.45. The van der Waals surface area contributed by atoms with Gasteiger partial charge in [0, 0.05) is 23.5 Å². The minimum atomic E-state index is -0.342. The van der Waals surface area contributed by atoms with Gasteiger partial charge in [-0.3, -0.25) is 4.79 Å². The zero-order valence-electron chi connectivity index (χ0n) is 10.5. The van der Waals surface area contributed by atoms with Crippen molar-refractivity contribution in [3.63, 3.8) is 0 Å². The number of nitrogens with zero attached hydrogens (tertiary/aromatic N) is 1. The molecule has 2 nitrogen and oxygen atoms in total. The van der Waals surface area contributed by atoms with Crippen molar-refractivity contribution in [3.8, 4) is 0 Å². The minimum absolute atomic E-state index is 0.0539. The fraction of sp³-hybridized carbons (Fsp3) is 0.500. The van der Waals surface area contributed by atoms with E-state index in [9.17, 15) is 9.18 Å². The third-order valence-corrected chi connectivity index (χ3v) is 4.10. The Balaban J connectivity index is 2.23. The third-order valence-electron chi connectivity index (χ3n) is 3.36. The molecule has 0 saturated carbocycles. The maximum atomic E-state index is 13.4. The first-order valence-corrected chi connectivity index (χ1v) is 7.38. The molecule has 1 unspecified atom stereocenters. The Bertz CT molecular complexity index is 429. The van der Waals surface area contributed by atoms with E-state index < -0.39 is 0 Å². The number of halogens is 2. The van der Waals surface area contributed by atoms with Gasteiger partial charge >= 0.3 is 0 Å². The normalized spacial score (nSPS) is 19.9. The summed E-state index contributed by atoms with van der Waals surface area (Å²) in [4.78, 5) is 14.3. The summed E-state index contributed by atoms with van der Waals surface area (Å²) in [5, 5.41) is 0.785. The predicted octanol–water partition coefficient (Wildman–Crippen LogP) is 3.52. The standard InChI is InChI=1S/C14H17BrFNO/c1-10-6-11(8-12(16)7-10)14(18)17-5-3-2-4-13(17)9-15/h6-8,13H,2-5,9H2,1H3. The molecule has 1 heterocycles. The number of likely N-dealkylation sites (tertiary alicyclic amines) is 1. The Labute approximate surface area is 115 Å². The molecule has 1 atom stereocenters. The Kier molecular flexibility index (Phi) is 4.38. The smallest absolute Gasteiger partial charge is 0.254 e. The van der Waals surface area contributed by atoms with Crippen LogP contribution in [-0.2, 0) is 0 Å². The summed E-state index contributed by atoms with van der Waals surface area (Å²) in [6.45, 7) is 2.57. The summed E-state index contributed by atoms with van der Waals surface area (Å²) in [5.41, 5.74) is 1.24. The number of carbonyl (C=O) groups is 1. The molecule has 1 aliphatic rings. The largest absolute Gasteiger partial charge is 0.335 e. The highest BCUT2D eigenvalue weighted by Gasteiger charge is 2.26. The molecule has 0 N–H and O–H groups in total. The van der Waals surface area contributed by atoms with Gasteiger partial charge in [0.1, 0.15) is 5.82 Å². The lowest BCUT2D eigenvalue weighted by atomic mass is 10.0. The molecule has 1 saturated heterocycles. The topological polar surface area (TPSA) is 20.3 Å². The van der Waals surface area contributed by atoms with Crippen LogP contribution in [0.2, 0.25) is 0 Å². The minimum Gasteiger partial charge on any atom is -0.335 e. The van der Waals surface area contributed by atoms with Gasteiger partial charge in [-0.15, -0.1) is 0 Å². The lowest BCUT2D eigenvalue weighted by molar-refractivity contribution is 0.0641. The highest BCUT2D eigenvalue weighted by Crippen LogP contribution is 2.21. The van der Waals surface area contributed by atoms with E-state index in [2.05, 4.69) is 15.9 Å². The van der Waals surface area contributed by atoms with E-state index in [1.165, 1.54) is 12.1 Å². The molecule has 1 aliphatic heterocycles. The van der Waals surface area contributed by atoms with Crippen molar-refractivity contribution in [1.82, 2.24) is 4.90 Å². The zero-order chi connectivity index (χ0) is 13.1. The lowest BCUT2D eigenvalue weighted by Gasteiger charge is -2.34. The van der Waals surface area contributed by atoms with Crippen LogP contribution in [0.15, 0.2) is 18.2 Å². The number of aryl methyl sites for hydroxylation is 1. The van der Waals surface area contributed by atoms with Gasteiger partial charge in [0.15, 0.2) is 0 Å². The van der Waals surface area contributed by atoms with Gasteiger partial charge in [-0.1, -0.05) is 15.9 Å². The average molecular weight is 314 g/mol. The van der Waals surface area contributed by atoms with Gasteiger partial charge < -0.3 is 4.90 Å². The predicted molar refractivity (Wildman–Crippen MR) is 73.6 cm³/mol. The number of hydrogen-bond acceptors (Lipinski definition) is 1. The number of carbonyl (C=O) groups excluding carboxylic acids is 1. The van der Waals surface area contributed by atoms with Crippen LogP contribution in [0.4, 0.5) is 4.39 Å². The van der Waals surface area contributed by atoms with Gasteiger partial charge in [0.25, 0.3) is 5.91 Å². The molecule has 1 aromatic carbocycles. The zero-order valence-corrected chi connectivity index (χ0v) is 12.0. The Hall–Kier alpha value is -0.900. The van der Waals surface area contributed by atoms with E-state index in [4.69, 9.17) is 0 Å². The Morgan fingerprint density at radius 1 is 1.44 bits per heavy atom. The summed E-state index contributed by atoms with van der Waals surface area (Å²) >= 11 is 3.45. The summed E-state index contributed by atoms with van der Waals surface area (Å²) in [6, 6.07) is 4.75. The van der Waals surface area contributed by atoms with Crippen molar-refractivity contribution < 1.29 is 9.18 Å². The quantitative estimate of drug-likeness (QED) is 0.765. The maximum absolute atomic E-state index is 13.4. The van der Waals surface area contributed by atoms with Crippen molar-refractivity contribution in [2.45, 2.75) is 32.2 Å². The first-order valence-electron chi connectivity index (χ1n) is 6.26. The SMILES string of the molecule is Cc1cc(F)cc(C(=O)N2CCCCC2CBr)c1. The summed E-state index contributed by atoms with van der Waals surface area (Å²) in [6.07, 6.45) is 3.21. The first-order chi connectivity index (χ1) is 8.61. The molecule has 18 heavy (non-hydrogen) atoms. The van der Waals surface area contributed by atoms with Crippen LogP contribution in [0, 0.1) is 12.7 Å². The first kappa shape index (κ1) is 13.5. The highest BCUT2D eigenvalue weighted by molar-refractivity contribution is 9.09. The molecule has 0 radical (unpaired) electrons. The number of benzene rings is 1. The molecule has 2 rings (SSSR count). The average Bonchev–Trinajstić information content (AvgIpc) is 2.36. The molecular weight excluding hydrogens is 297 g/mol. The van der Waals surface area contributed by atoms with Gasteiger partial charge in [0.2, 0.25) is 0 Å². The summed E-state index contributed by atoms with van der Waals surface area (Å²) in [5.74, 6) is -0.396. The second-order valence-corrected chi connectivity index (χ2v) is 5.47. The number of piperidine rings is 1. The van der Waals surface area contributed by atoms with Crippen molar-refractivity contribution >= 4 is 21.8 Å². The van der Waals surface area contributed by atoms with E-state index in [0.29, 0.717) is 5.56 Å². The van der Waals surface area contributed by atoms with Crippen LogP contribution in [0.1, 0.15) is 35.2 Å². The maximum Gasteiger partial charge on any atom is 0.254 e. The Morgan fingerprint density at radius 2 is 2.22 bits per heavy atom. The fourth-order valence-corrected chi connectivity index (χ4v) is 3.13. The lowest BCUT2D eigenvalue weighted by Crippen LogP contribution is -2.44. The van der Waals surface area contributed by atoms with E-state index in [1.807, 2.05) is 4.90 Å². The van der Waals surface area contributed by atoms with Gasteiger partial charge in [0.05, 0.1) is 0 Å². The molecule has 0 aliphatic carbocycles. The monoisotopic (exact) mass is 313 g/mol. The van der Waals surface area contributed by atoms with Crippen LogP contribution in [0.25, 0.3) is 0 Å². The number of rotatable bonds is 2. The molecule has 1 aromatic rings. The van der Waals surface area contributed by atoms with Crippen molar-refractivity contribution in [2.24, 2.45) is 0 Å². The molecular formula is C14H17BrFNO. The number of hydrogen-bond donors (Lipinski definition) is 0. The molecule has 4 heteroatoms. The van der Waals surface area contributed by atoms with E-state index >= 15 is 0 Å². The second-order valence-electron chi connectivity index (χ2n) is 4.82. The van der Waals surface area contributed by atoms with Crippen LogP contribution < -0.4 is 0 Å². The van der Waals surface area contributed by atoms with E-state index in [1.54, 1.807) is 13.0 Å². The number of alkyl halides is 1. The van der Waals surface area contributed by atoms with Gasteiger partial charge in [-0.05, 0) is 49.9 Å². The van der Waals surface area contributed by atoms with Crippen molar-refractivity contribution in [2.75, 3.05) is 11.9 Å². The molecule has 98 valence electrons. The van der Waals surface area contributed by atoms with Crippen molar-refractivity contribution in [1.29, 1.82) is 0 Å². The Morgan fingerprint density at radius 3 is 2.89 bits per heavy atom. The number of amides is 1. The second kappa shape index (κ2) is 5.83. The van der Waals surface area contributed by atoms with Crippen LogP contribution in [-0.4, -0.2) is 28.7 Å². The molecule has 0 spiro atoms. The van der Waals surface area contributed by atoms with Crippen LogP contribution >= 0.6 is 15.9 Å². The molecule has 0 aromatic heterocycles. The van der Waals surface area contributed by atoms with Gasteiger partial charge in [-0.2, -0.15) is 0 Å². The van der Waals surface area contributed by atoms with E-state index in [-0.39, 0.29) is 17.8 Å². The molecule has 0 bridgehead atoms. The molecule has 1 amide bonds. The van der Waals surface area contributed by atoms with Crippen LogP contribution in [0.5, 0.6) is 0 Å². The third kappa shape index (κ3) is 2.91. The van der Waals surface area contributed by atoms with Crippen LogP contribution in [0.3, 0.4) is 0 Å². The van der Waals surface area contributed by atoms with E-state index in [0.717, 1.165) is 36.7 Å². The molecule has 1 fully saturated rings. The summed E-state index contributed by atoms with van der Waals surface area (Å²) < 4.78 is 13.4. The highest BCUT2D eigenvalue weighted by atomic mass is 79.9. The summed E-state index contributed by atoms with van der Waals surface area (Å²) in [7, 11) is 0.